The number of halogens is 1. The van der Waals surface area contributed by atoms with Gasteiger partial charge in [-0.25, -0.2) is 0 Å². The molecule has 1 aliphatic heterocycles. The molecule has 0 aromatic heterocycles. The molecule has 0 radical (unpaired) electrons. The Balaban J connectivity index is 1.94. The van der Waals surface area contributed by atoms with Crippen LogP contribution in [0.15, 0.2) is 0 Å². The lowest BCUT2D eigenvalue weighted by Crippen LogP contribution is -2.38. The van der Waals surface area contributed by atoms with Gasteiger partial charge in [-0.1, -0.05) is 20.8 Å². The fourth-order valence-electron chi connectivity index (χ4n) is 3.38. The van der Waals surface area contributed by atoms with Gasteiger partial charge in [-0.2, -0.15) is 0 Å². The van der Waals surface area contributed by atoms with Gasteiger partial charge in [0.05, 0.1) is 5.92 Å². The van der Waals surface area contributed by atoms with Gasteiger partial charge >= 0.3 is 0 Å². The average Bonchev–Trinajstić information content (AvgIpc) is 2.67. The van der Waals surface area contributed by atoms with E-state index in [4.69, 9.17) is 11.6 Å². The van der Waals surface area contributed by atoms with E-state index in [1.54, 1.807) is 0 Å². The fraction of sp³-hybridized carbons (Fsp3) is 0.812. The predicted octanol–water partition coefficient (Wildman–Crippen LogP) is 2.98. The van der Waals surface area contributed by atoms with Crippen LogP contribution >= 0.6 is 11.6 Å². The molecule has 2 rings (SSSR count). The first-order valence-electron chi connectivity index (χ1n) is 7.73. The summed E-state index contributed by atoms with van der Waals surface area (Å²) in [6.07, 6.45) is 3.59. The largest absolute Gasteiger partial charge is 0.282 e. The summed E-state index contributed by atoms with van der Waals surface area (Å²) in [7, 11) is 0. The molecule has 2 fully saturated rings. The highest BCUT2D eigenvalue weighted by molar-refractivity contribution is 6.63. The Bertz CT molecular complexity index is 447. The summed E-state index contributed by atoms with van der Waals surface area (Å²) in [4.78, 5) is 37.2. The topological polar surface area (TPSA) is 54.5 Å². The second-order valence-corrected chi connectivity index (χ2v) is 7.86. The second kappa shape index (κ2) is 6.07. The van der Waals surface area contributed by atoms with Crippen molar-refractivity contribution in [2.75, 3.05) is 6.54 Å². The summed E-state index contributed by atoms with van der Waals surface area (Å²) in [5, 5.41) is -0.255. The molecule has 2 amide bonds. The summed E-state index contributed by atoms with van der Waals surface area (Å²) in [6, 6.07) is 0. The van der Waals surface area contributed by atoms with Crippen LogP contribution in [0.2, 0.25) is 0 Å². The van der Waals surface area contributed by atoms with Gasteiger partial charge in [-0.05, 0) is 48.6 Å². The molecule has 1 saturated carbocycles. The number of amides is 2. The fourth-order valence-corrected chi connectivity index (χ4v) is 3.60. The molecule has 4 nitrogen and oxygen atoms in total. The molecule has 1 atom stereocenters. The monoisotopic (exact) mass is 313 g/mol. The van der Waals surface area contributed by atoms with Crippen LogP contribution in [0, 0.1) is 23.2 Å². The minimum atomic E-state index is -0.255. The third-order valence-electron chi connectivity index (χ3n) is 4.90. The Morgan fingerprint density at radius 1 is 1.19 bits per heavy atom. The first kappa shape index (κ1) is 16.5. The Labute approximate surface area is 131 Å². The van der Waals surface area contributed by atoms with Gasteiger partial charge < -0.3 is 0 Å². The van der Waals surface area contributed by atoms with Crippen LogP contribution in [-0.2, 0) is 14.4 Å². The van der Waals surface area contributed by atoms with E-state index < -0.39 is 0 Å². The highest BCUT2D eigenvalue weighted by Crippen LogP contribution is 2.37. The lowest BCUT2D eigenvalue weighted by molar-refractivity contribution is -0.141. The molecule has 0 aromatic carbocycles. The summed E-state index contributed by atoms with van der Waals surface area (Å²) in [5.41, 5.74) is -0.176. The number of carbonyl (C=O) groups excluding carboxylic acids is 3. The van der Waals surface area contributed by atoms with Gasteiger partial charge in [0.25, 0.3) is 0 Å². The first-order chi connectivity index (χ1) is 9.70. The van der Waals surface area contributed by atoms with Crippen molar-refractivity contribution < 1.29 is 14.4 Å². The van der Waals surface area contributed by atoms with E-state index in [1.807, 2.05) is 20.8 Å². The number of imide groups is 1. The Kier molecular flexibility index (Phi) is 4.76. The zero-order valence-corrected chi connectivity index (χ0v) is 13.8. The Morgan fingerprint density at radius 3 is 2.19 bits per heavy atom. The maximum absolute atomic E-state index is 12.4. The minimum Gasteiger partial charge on any atom is -0.282 e. The Hall–Kier alpha value is -0.900. The number of hydrogen-bond acceptors (Lipinski definition) is 3. The highest BCUT2D eigenvalue weighted by atomic mass is 35.5. The lowest BCUT2D eigenvalue weighted by Gasteiger charge is -2.30. The quantitative estimate of drug-likeness (QED) is 0.594. The average molecular weight is 314 g/mol. The van der Waals surface area contributed by atoms with E-state index >= 15 is 0 Å². The molecule has 0 bridgehead atoms. The van der Waals surface area contributed by atoms with Crippen molar-refractivity contribution in [1.82, 2.24) is 4.90 Å². The van der Waals surface area contributed by atoms with E-state index in [2.05, 4.69) is 0 Å². The molecule has 0 N–H and O–H groups in total. The number of likely N-dealkylation sites (tertiary alicyclic amines) is 1. The van der Waals surface area contributed by atoms with E-state index in [1.165, 1.54) is 4.90 Å². The van der Waals surface area contributed by atoms with E-state index in [-0.39, 0.29) is 34.3 Å². The number of rotatable bonds is 3. The van der Waals surface area contributed by atoms with E-state index in [0.29, 0.717) is 18.9 Å². The van der Waals surface area contributed by atoms with Gasteiger partial charge in [-0.3, -0.25) is 19.3 Å². The molecule has 1 unspecified atom stereocenters. The normalized spacial score (nSPS) is 30.9. The molecule has 118 valence electrons. The molecule has 0 aromatic rings. The third kappa shape index (κ3) is 3.65. The zero-order chi connectivity index (χ0) is 15.8. The SMILES string of the molecule is CC(C)(C)C1CC(=O)N(CC2CCC(C(=O)Cl)CC2)C1=O. The van der Waals surface area contributed by atoms with Gasteiger partial charge in [0.1, 0.15) is 0 Å². The maximum Gasteiger partial charge on any atom is 0.233 e. The zero-order valence-electron chi connectivity index (χ0n) is 13.0. The molecule has 1 heterocycles. The van der Waals surface area contributed by atoms with Crippen molar-refractivity contribution in [2.45, 2.75) is 52.9 Å². The van der Waals surface area contributed by atoms with Crippen LogP contribution in [0.5, 0.6) is 0 Å². The van der Waals surface area contributed by atoms with Crippen LogP contribution in [0.3, 0.4) is 0 Å². The third-order valence-corrected chi connectivity index (χ3v) is 5.21. The second-order valence-electron chi connectivity index (χ2n) is 7.49. The van der Waals surface area contributed by atoms with Gasteiger partial charge in [0, 0.05) is 18.9 Å². The molecule has 2 aliphatic rings. The Morgan fingerprint density at radius 2 is 1.76 bits per heavy atom. The van der Waals surface area contributed by atoms with Crippen molar-refractivity contribution in [3.05, 3.63) is 0 Å². The minimum absolute atomic E-state index is 0.0250. The highest BCUT2D eigenvalue weighted by Gasteiger charge is 2.45. The lowest BCUT2D eigenvalue weighted by atomic mass is 9.79. The van der Waals surface area contributed by atoms with Gasteiger partial charge in [0.15, 0.2) is 0 Å². The molecule has 0 spiro atoms. The number of nitrogens with zero attached hydrogens (tertiary/aromatic N) is 1. The summed E-state index contributed by atoms with van der Waals surface area (Å²) in [5.74, 6) is -0.0108. The standard InChI is InChI=1S/C16H24ClNO3/c1-16(2,3)12-8-13(19)18(15(12)21)9-10-4-6-11(7-5-10)14(17)20/h10-12H,4-9H2,1-3H3. The van der Waals surface area contributed by atoms with Crippen molar-refractivity contribution >= 4 is 28.7 Å². The van der Waals surface area contributed by atoms with Crippen molar-refractivity contribution in [3.8, 4) is 0 Å². The van der Waals surface area contributed by atoms with Crippen LogP contribution in [0.1, 0.15) is 52.9 Å². The molecular formula is C16H24ClNO3. The molecule has 21 heavy (non-hydrogen) atoms. The number of carbonyl (C=O) groups is 3. The molecule has 5 heteroatoms. The molecular weight excluding hydrogens is 290 g/mol. The molecule has 1 aliphatic carbocycles. The summed E-state index contributed by atoms with van der Waals surface area (Å²) < 4.78 is 0. The van der Waals surface area contributed by atoms with Crippen LogP contribution < -0.4 is 0 Å². The van der Waals surface area contributed by atoms with Crippen LogP contribution in [-0.4, -0.2) is 28.5 Å². The summed E-state index contributed by atoms with van der Waals surface area (Å²) in [6.45, 7) is 6.52. The smallest absolute Gasteiger partial charge is 0.233 e. The van der Waals surface area contributed by atoms with Crippen molar-refractivity contribution in [2.24, 2.45) is 23.2 Å². The maximum atomic E-state index is 12.4. The van der Waals surface area contributed by atoms with Crippen molar-refractivity contribution in [1.29, 1.82) is 0 Å². The number of hydrogen-bond donors (Lipinski definition) is 0. The first-order valence-corrected chi connectivity index (χ1v) is 8.11. The summed E-state index contributed by atoms with van der Waals surface area (Å²) >= 11 is 5.53. The van der Waals surface area contributed by atoms with Crippen molar-refractivity contribution in [3.63, 3.8) is 0 Å². The predicted molar refractivity (Wildman–Crippen MR) is 80.6 cm³/mol. The van der Waals surface area contributed by atoms with E-state index in [0.717, 1.165) is 25.7 Å². The van der Waals surface area contributed by atoms with Gasteiger partial charge in [-0.15, -0.1) is 0 Å². The van der Waals surface area contributed by atoms with E-state index in [9.17, 15) is 14.4 Å². The van der Waals surface area contributed by atoms with Gasteiger partial charge in [0.2, 0.25) is 17.1 Å². The van der Waals surface area contributed by atoms with Crippen LogP contribution in [0.4, 0.5) is 0 Å². The molecule has 1 saturated heterocycles. The van der Waals surface area contributed by atoms with Crippen LogP contribution in [0.25, 0.3) is 0 Å².